The van der Waals surface area contributed by atoms with E-state index in [0.717, 1.165) is 6.07 Å². The van der Waals surface area contributed by atoms with Gasteiger partial charge in [-0.25, -0.2) is 9.18 Å². The van der Waals surface area contributed by atoms with Crippen molar-refractivity contribution in [1.82, 2.24) is 0 Å². The zero-order valence-corrected chi connectivity index (χ0v) is 10.1. The van der Waals surface area contributed by atoms with E-state index in [9.17, 15) is 9.18 Å². The molecule has 0 saturated heterocycles. The zero-order valence-electron chi connectivity index (χ0n) is 10.1. The highest BCUT2D eigenvalue weighted by Gasteiger charge is 2.11. The highest BCUT2D eigenvalue weighted by Crippen LogP contribution is 2.27. The van der Waals surface area contributed by atoms with Gasteiger partial charge in [-0.05, 0) is 36.4 Å². The van der Waals surface area contributed by atoms with Gasteiger partial charge in [0.15, 0.2) is 11.6 Å². The van der Waals surface area contributed by atoms with Gasteiger partial charge in [0.25, 0.3) is 0 Å². The number of hydrogen-bond acceptors (Lipinski definition) is 4. The van der Waals surface area contributed by atoms with Gasteiger partial charge < -0.3 is 15.6 Å². The Balaban J connectivity index is 2.33. The number of nitrogen functional groups attached to an aromatic ring is 1. The molecule has 3 N–H and O–H groups in total. The van der Waals surface area contributed by atoms with E-state index in [2.05, 4.69) is 0 Å². The molecule has 0 aliphatic rings. The second-order valence-corrected chi connectivity index (χ2v) is 3.91. The first-order chi connectivity index (χ1) is 9.51. The number of carboxylic acids is 1. The Labute approximate surface area is 113 Å². The number of carboxylic acid groups (broad SMARTS) is 1. The molecule has 20 heavy (non-hydrogen) atoms. The minimum Gasteiger partial charge on any atom is -0.478 e. The molecule has 0 atom stereocenters. The lowest BCUT2D eigenvalue weighted by molar-refractivity contribution is 0.0697. The van der Waals surface area contributed by atoms with Crippen LogP contribution in [0, 0.1) is 17.1 Å². The molecule has 0 unspecified atom stereocenters. The number of halogens is 1. The maximum absolute atomic E-state index is 13.6. The van der Waals surface area contributed by atoms with Gasteiger partial charge in [0, 0.05) is 5.69 Å². The largest absolute Gasteiger partial charge is 0.478 e. The second kappa shape index (κ2) is 5.28. The number of nitrogens with zero attached hydrogens (tertiary/aromatic N) is 1. The van der Waals surface area contributed by atoms with Crippen LogP contribution in [0.1, 0.15) is 15.9 Å². The lowest BCUT2D eigenvalue weighted by Gasteiger charge is -2.08. The summed E-state index contributed by atoms with van der Waals surface area (Å²) in [6.45, 7) is 0. The third-order valence-electron chi connectivity index (χ3n) is 2.54. The molecular formula is C14H9FN2O3. The maximum atomic E-state index is 13.6. The molecule has 0 saturated carbocycles. The minimum absolute atomic E-state index is 0.0881. The standard InChI is InChI=1S/C14H9FN2O3/c15-11-5-8(7-16)1-4-13(11)20-9-2-3-12(17)10(6-9)14(18)19/h1-6H,17H2,(H,18,19). The van der Waals surface area contributed by atoms with Crippen molar-refractivity contribution in [3.05, 3.63) is 53.3 Å². The maximum Gasteiger partial charge on any atom is 0.337 e. The van der Waals surface area contributed by atoms with E-state index < -0.39 is 11.8 Å². The molecule has 2 aromatic carbocycles. The van der Waals surface area contributed by atoms with Crippen molar-refractivity contribution in [3.8, 4) is 17.6 Å². The van der Waals surface area contributed by atoms with Gasteiger partial charge in [-0.3, -0.25) is 0 Å². The Bertz CT molecular complexity index is 723. The summed E-state index contributed by atoms with van der Waals surface area (Å²) in [4.78, 5) is 10.9. The van der Waals surface area contributed by atoms with Crippen LogP contribution < -0.4 is 10.5 Å². The summed E-state index contributed by atoms with van der Waals surface area (Å²) >= 11 is 0. The molecule has 0 aliphatic heterocycles. The Morgan fingerprint density at radius 2 is 2.05 bits per heavy atom. The molecule has 0 aromatic heterocycles. The molecule has 0 bridgehead atoms. The summed E-state index contributed by atoms with van der Waals surface area (Å²) in [5, 5.41) is 17.6. The summed E-state index contributed by atoms with van der Waals surface area (Å²) in [6, 6.07) is 9.52. The molecule has 6 heteroatoms. The number of nitriles is 1. The van der Waals surface area contributed by atoms with Crippen LogP contribution in [0.4, 0.5) is 10.1 Å². The van der Waals surface area contributed by atoms with E-state index in [1.54, 1.807) is 6.07 Å². The third-order valence-corrected chi connectivity index (χ3v) is 2.54. The van der Waals surface area contributed by atoms with Gasteiger partial charge in [-0.2, -0.15) is 5.26 Å². The number of hydrogen-bond donors (Lipinski definition) is 2. The van der Waals surface area contributed by atoms with E-state index in [-0.39, 0.29) is 28.3 Å². The first-order valence-electron chi connectivity index (χ1n) is 5.51. The lowest BCUT2D eigenvalue weighted by Crippen LogP contribution is -2.02. The molecule has 0 heterocycles. The Morgan fingerprint density at radius 3 is 2.65 bits per heavy atom. The smallest absolute Gasteiger partial charge is 0.337 e. The fraction of sp³-hybridized carbons (Fsp3) is 0. The number of benzene rings is 2. The summed E-state index contributed by atoms with van der Waals surface area (Å²) in [5.41, 5.74) is 5.63. The van der Waals surface area contributed by atoms with E-state index in [1.807, 2.05) is 0 Å². The van der Waals surface area contributed by atoms with E-state index in [4.69, 9.17) is 20.8 Å². The second-order valence-electron chi connectivity index (χ2n) is 3.91. The van der Waals surface area contributed by atoms with Crippen LogP contribution in [-0.4, -0.2) is 11.1 Å². The Hall–Kier alpha value is -3.07. The number of ether oxygens (including phenoxy) is 1. The minimum atomic E-state index is -1.20. The molecule has 0 radical (unpaired) electrons. The molecule has 0 aliphatic carbocycles. The quantitative estimate of drug-likeness (QED) is 0.837. The van der Waals surface area contributed by atoms with Gasteiger partial charge >= 0.3 is 5.97 Å². The highest BCUT2D eigenvalue weighted by atomic mass is 19.1. The summed E-state index contributed by atoms with van der Waals surface area (Å²) < 4.78 is 18.9. The molecule has 5 nitrogen and oxygen atoms in total. The number of rotatable bonds is 3. The zero-order chi connectivity index (χ0) is 14.7. The van der Waals surface area contributed by atoms with Crippen molar-refractivity contribution in [2.75, 3.05) is 5.73 Å². The third kappa shape index (κ3) is 2.67. The SMILES string of the molecule is N#Cc1ccc(Oc2ccc(N)c(C(=O)O)c2)c(F)c1. The molecule has 2 rings (SSSR count). The molecular weight excluding hydrogens is 263 g/mol. The van der Waals surface area contributed by atoms with Crippen molar-refractivity contribution in [1.29, 1.82) is 5.26 Å². The van der Waals surface area contributed by atoms with Crippen LogP contribution in [-0.2, 0) is 0 Å². The first-order valence-corrected chi connectivity index (χ1v) is 5.51. The number of carbonyl (C=O) groups is 1. The Kier molecular flexibility index (Phi) is 3.53. The van der Waals surface area contributed by atoms with Gasteiger partial charge in [0.1, 0.15) is 5.75 Å². The van der Waals surface area contributed by atoms with Crippen molar-refractivity contribution >= 4 is 11.7 Å². The normalized spacial score (nSPS) is 9.80. The molecule has 0 amide bonds. The fourth-order valence-corrected chi connectivity index (χ4v) is 1.56. The van der Waals surface area contributed by atoms with E-state index >= 15 is 0 Å². The molecule has 100 valence electrons. The van der Waals surface area contributed by atoms with Crippen LogP contribution in [0.3, 0.4) is 0 Å². The summed E-state index contributed by atoms with van der Waals surface area (Å²) in [5.74, 6) is -1.88. The predicted octanol–water partition coefficient (Wildman–Crippen LogP) is 2.77. The number of aromatic carboxylic acids is 1. The van der Waals surface area contributed by atoms with Gasteiger partial charge in [-0.15, -0.1) is 0 Å². The van der Waals surface area contributed by atoms with Gasteiger partial charge in [0.05, 0.1) is 17.2 Å². The molecule has 0 fully saturated rings. The summed E-state index contributed by atoms with van der Waals surface area (Å²) in [7, 11) is 0. The first kappa shape index (κ1) is 13.4. The lowest BCUT2D eigenvalue weighted by atomic mass is 10.1. The van der Waals surface area contributed by atoms with Crippen LogP contribution >= 0.6 is 0 Å². The van der Waals surface area contributed by atoms with Crippen molar-refractivity contribution < 1.29 is 19.0 Å². The highest BCUT2D eigenvalue weighted by molar-refractivity contribution is 5.94. The predicted molar refractivity (Wildman–Crippen MR) is 69.0 cm³/mol. The van der Waals surface area contributed by atoms with E-state index in [0.29, 0.717) is 0 Å². The molecule has 0 spiro atoms. The molecule has 2 aromatic rings. The average molecular weight is 272 g/mol. The van der Waals surface area contributed by atoms with Crippen LogP contribution in [0.5, 0.6) is 11.5 Å². The van der Waals surface area contributed by atoms with Gasteiger partial charge in [0.2, 0.25) is 0 Å². The monoisotopic (exact) mass is 272 g/mol. The van der Waals surface area contributed by atoms with E-state index in [1.165, 1.54) is 30.3 Å². The van der Waals surface area contributed by atoms with Crippen LogP contribution in [0.25, 0.3) is 0 Å². The van der Waals surface area contributed by atoms with Crippen molar-refractivity contribution in [2.45, 2.75) is 0 Å². The summed E-state index contributed by atoms with van der Waals surface area (Å²) in [6.07, 6.45) is 0. The topological polar surface area (TPSA) is 96.3 Å². The van der Waals surface area contributed by atoms with Crippen molar-refractivity contribution in [2.24, 2.45) is 0 Å². The number of anilines is 1. The number of nitrogens with two attached hydrogens (primary N) is 1. The fourth-order valence-electron chi connectivity index (χ4n) is 1.56. The van der Waals surface area contributed by atoms with Crippen LogP contribution in [0.15, 0.2) is 36.4 Å². The van der Waals surface area contributed by atoms with Crippen molar-refractivity contribution in [3.63, 3.8) is 0 Å². The van der Waals surface area contributed by atoms with Crippen LogP contribution in [0.2, 0.25) is 0 Å². The van der Waals surface area contributed by atoms with Gasteiger partial charge in [-0.1, -0.05) is 0 Å². The Morgan fingerprint density at radius 1 is 1.30 bits per heavy atom. The average Bonchev–Trinajstić information content (AvgIpc) is 2.42.